The lowest BCUT2D eigenvalue weighted by Crippen LogP contribution is -2.39. The predicted molar refractivity (Wildman–Crippen MR) is 83.5 cm³/mol. The molecular weight excluding hydrogens is 292 g/mol. The van der Waals surface area contributed by atoms with E-state index in [1.54, 1.807) is 0 Å². The quantitative estimate of drug-likeness (QED) is 0.487. The molecule has 0 bridgehead atoms. The molecule has 2 unspecified atom stereocenters. The number of anilines is 1. The van der Waals surface area contributed by atoms with Crippen LogP contribution in [-0.4, -0.2) is 42.5 Å². The van der Waals surface area contributed by atoms with Gasteiger partial charge in [0.1, 0.15) is 0 Å². The summed E-state index contributed by atoms with van der Waals surface area (Å²) in [4.78, 5) is 0. The predicted octanol–water partition coefficient (Wildman–Crippen LogP) is 1.04. The van der Waals surface area contributed by atoms with Crippen molar-refractivity contribution in [1.82, 2.24) is 5.32 Å². The summed E-state index contributed by atoms with van der Waals surface area (Å²) >= 11 is 0. The second-order valence-corrected chi connectivity index (χ2v) is 6.79. The molecule has 0 saturated heterocycles. The third kappa shape index (κ3) is 7.42. The van der Waals surface area contributed by atoms with Crippen molar-refractivity contribution >= 4 is 15.8 Å². The minimum atomic E-state index is -3.89. The molecule has 1 aromatic carbocycles. The summed E-state index contributed by atoms with van der Waals surface area (Å²) in [7, 11) is -3.89. The summed E-state index contributed by atoms with van der Waals surface area (Å²) in [5, 5.41) is 11.0. The summed E-state index contributed by atoms with van der Waals surface area (Å²) in [6, 6.07) is 9.59. The molecule has 2 atom stereocenters. The molecule has 0 aliphatic heterocycles. The number of aliphatic hydroxyl groups excluding tert-OH is 1. The summed E-state index contributed by atoms with van der Waals surface area (Å²) in [5.41, 5.74) is 6.18. The van der Waals surface area contributed by atoms with Crippen LogP contribution in [-0.2, 0) is 10.1 Å². The molecule has 21 heavy (non-hydrogen) atoms. The fraction of sp³-hybridized carbons (Fsp3) is 0.571. The molecule has 0 spiro atoms. The first-order valence-corrected chi connectivity index (χ1v) is 8.55. The Kier molecular flexibility index (Phi) is 7.66. The lowest BCUT2D eigenvalue weighted by Gasteiger charge is -2.27. The number of nitrogens with two attached hydrogens (primary N) is 1. The Morgan fingerprint density at radius 2 is 1.90 bits per heavy atom. The second-order valence-electron chi connectivity index (χ2n) is 5.09. The zero-order valence-corrected chi connectivity index (χ0v) is 12.8. The standard InChI is InChI=1S/C8H17NO4S.C6H7N/c10-5-4-9-7-2-1-3-8(6-7)14(11,12)13;7-6-4-2-1-3-5-6/h7-10H,1-6H2,(H,11,12,13);1-5H,7H2. The Balaban J connectivity index is 0.000000262. The van der Waals surface area contributed by atoms with Gasteiger partial charge in [-0.2, -0.15) is 8.42 Å². The van der Waals surface area contributed by atoms with Crippen molar-refractivity contribution in [1.29, 1.82) is 0 Å². The highest BCUT2D eigenvalue weighted by Gasteiger charge is 2.29. The lowest BCUT2D eigenvalue weighted by atomic mass is 9.95. The van der Waals surface area contributed by atoms with Gasteiger partial charge in [-0.25, -0.2) is 0 Å². The summed E-state index contributed by atoms with van der Waals surface area (Å²) in [5.74, 6) is 0. The molecule has 0 amide bonds. The molecule has 0 radical (unpaired) electrons. The molecular formula is C14H24N2O4S. The maximum absolute atomic E-state index is 10.9. The van der Waals surface area contributed by atoms with Crippen LogP contribution in [0.4, 0.5) is 5.69 Å². The highest BCUT2D eigenvalue weighted by molar-refractivity contribution is 7.86. The van der Waals surface area contributed by atoms with Crippen molar-refractivity contribution in [2.75, 3.05) is 18.9 Å². The highest BCUT2D eigenvalue weighted by atomic mass is 32.2. The zero-order chi connectivity index (χ0) is 15.7. The number of rotatable bonds is 4. The molecule has 0 aromatic heterocycles. The molecule has 1 aliphatic carbocycles. The van der Waals surface area contributed by atoms with Crippen LogP contribution in [0.1, 0.15) is 25.7 Å². The van der Waals surface area contributed by atoms with E-state index in [0.29, 0.717) is 19.4 Å². The van der Waals surface area contributed by atoms with Gasteiger partial charge >= 0.3 is 0 Å². The zero-order valence-electron chi connectivity index (χ0n) is 12.0. The number of para-hydroxylation sites is 1. The molecule has 0 heterocycles. The van der Waals surface area contributed by atoms with Crippen LogP contribution in [0.15, 0.2) is 30.3 Å². The Labute approximate surface area is 126 Å². The Hall–Kier alpha value is -1.15. The number of nitrogens with one attached hydrogen (secondary N) is 1. The van der Waals surface area contributed by atoms with Gasteiger partial charge in [-0.1, -0.05) is 24.6 Å². The number of nitrogen functional groups attached to an aromatic ring is 1. The molecule has 1 aliphatic rings. The Morgan fingerprint density at radius 3 is 2.38 bits per heavy atom. The Bertz CT molecular complexity index is 493. The first kappa shape index (κ1) is 17.9. The van der Waals surface area contributed by atoms with Crippen molar-refractivity contribution in [2.45, 2.75) is 37.0 Å². The van der Waals surface area contributed by atoms with Gasteiger partial charge in [0.25, 0.3) is 10.1 Å². The van der Waals surface area contributed by atoms with Gasteiger partial charge in [-0.3, -0.25) is 4.55 Å². The summed E-state index contributed by atoms with van der Waals surface area (Å²) < 4.78 is 30.6. The van der Waals surface area contributed by atoms with Crippen LogP contribution in [0.3, 0.4) is 0 Å². The Morgan fingerprint density at radius 1 is 1.24 bits per heavy atom. The van der Waals surface area contributed by atoms with Crippen molar-refractivity contribution in [2.24, 2.45) is 0 Å². The maximum Gasteiger partial charge on any atom is 0.267 e. The maximum atomic E-state index is 10.9. The molecule has 1 saturated carbocycles. The van der Waals surface area contributed by atoms with Crippen LogP contribution < -0.4 is 11.1 Å². The topological polar surface area (TPSA) is 113 Å². The molecule has 7 heteroatoms. The fourth-order valence-electron chi connectivity index (χ4n) is 2.32. The van der Waals surface area contributed by atoms with Crippen LogP contribution in [0, 0.1) is 0 Å². The normalized spacial score (nSPS) is 22.2. The summed E-state index contributed by atoms with van der Waals surface area (Å²) in [6.45, 7) is 0.524. The molecule has 1 aromatic rings. The minimum absolute atomic E-state index is 0.0487. The third-order valence-corrected chi connectivity index (χ3v) is 4.66. The van der Waals surface area contributed by atoms with E-state index in [1.165, 1.54) is 0 Å². The van der Waals surface area contributed by atoms with Crippen LogP contribution in [0.5, 0.6) is 0 Å². The van der Waals surface area contributed by atoms with Crippen molar-refractivity contribution in [3.05, 3.63) is 30.3 Å². The number of hydrogen-bond acceptors (Lipinski definition) is 5. The SMILES string of the molecule is Nc1ccccc1.O=S(=O)(O)C1CCCC(NCCO)C1. The van der Waals surface area contributed by atoms with Crippen LogP contribution in [0.25, 0.3) is 0 Å². The average molecular weight is 316 g/mol. The van der Waals surface area contributed by atoms with Crippen molar-refractivity contribution < 1.29 is 18.1 Å². The summed E-state index contributed by atoms with van der Waals surface area (Å²) in [6.07, 6.45) is 2.69. The van der Waals surface area contributed by atoms with E-state index in [2.05, 4.69) is 5.32 Å². The minimum Gasteiger partial charge on any atom is -0.399 e. The molecule has 120 valence electrons. The average Bonchev–Trinajstić information content (AvgIpc) is 2.46. The molecule has 1 fully saturated rings. The lowest BCUT2D eigenvalue weighted by molar-refractivity contribution is 0.270. The third-order valence-electron chi connectivity index (χ3n) is 3.39. The van der Waals surface area contributed by atoms with Gasteiger partial charge in [0, 0.05) is 18.3 Å². The smallest absolute Gasteiger partial charge is 0.267 e. The fourth-order valence-corrected chi connectivity index (χ4v) is 3.26. The molecule has 5 N–H and O–H groups in total. The monoisotopic (exact) mass is 316 g/mol. The van der Waals surface area contributed by atoms with E-state index in [4.69, 9.17) is 15.4 Å². The van der Waals surface area contributed by atoms with Gasteiger partial charge in [-0.15, -0.1) is 0 Å². The van der Waals surface area contributed by atoms with E-state index >= 15 is 0 Å². The van der Waals surface area contributed by atoms with E-state index < -0.39 is 15.4 Å². The van der Waals surface area contributed by atoms with Gasteiger partial charge in [0.2, 0.25) is 0 Å². The van der Waals surface area contributed by atoms with E-state index in [9.17, 15) is 8.42 Å². The van der Waals surface area contributed by atoms with Crippen LogP contribution in [0.2, 0.25) is 0 Å². The van der Waals surface area contributed by atoms with E-state index in [1.807, 2.05) is 30.3 Å². The van der Waals surface area contributed by atoms with E-state index in [-0.39, 0.29) is 12.6 Å². The number of benzene rings is 1. The van der Waals surface area contributed by atoms with Crippen LogP contribution >= 0.6 is 0 Å². The first-order valence-electron chi connectivity index (χ1n) is 7.04. The van der Waals surface area contributed by atoms with Gasteiger partial charge in [0.05, 0.1) is 11.9 Å². The molecule has 6 nitrogen and oxygen atoms in total. The molecule has 2 rings (SSSR count). The largest absolute Gasteiger partial charge is 0.399 e. The van der Waals surface area contributed by atoms with Gasteiger partial charge in [0.15, 0.2) is 0 Å². The van der Waals surface area contributed by atoms with Gasteiger partial charge < -0.3 is 16.2 Å². The van der Waals surface area contributed by atoms with Crippen molar-refractivity contribution in [3.8, 4) is 0 Å². The number of aliphatic hydroxyl groups is 1. The van der Waals surface area contributed by atoms with Crippen molar-refractivity contribution in [3.63, 3.8) is 0 Å². The number of hydrogen-bond donors (Lipinski definition) is 4. The highest BCUT2D eigenvalue weighted by Crippen LogP contribution is 2.23. The second kappa shape index (κ2) is 8.99. The van der Waals surface area contributed by atoms with Gasteiger partial charge in [-0.05, 0) is 31.4 Å². The van der Waals surface area contributed by atoms with E-state index in [0.717, 1.165) is 18.5 Å². The first-order chi connectivity index (χ1) is 9.93.